The summed E-state index contributed by atoms with van der Waals surface area (Å²) in [5, 5.41) is 13.3. The predicted octanol–water partition coefficient (Wildman–Crippen LogP) is 4.07. The Hall–Kier alpha value is -2.24. The Morgan fingerprint density at radius 3 is 2.70 bits per heavy atom. The summed E-state index contributed by atoms with van der Waals surface area (Å²) < 4.78 is 5.81. The third kappa shape index (κ3) is 3.94. The molecular weight excluding hydrogens is 316 g/mol. The summed E-state index contributed by atoms with van der Waals surface area (Å²) in [4.78, 5) is 11.6. The minimum atomic E-state index is -0.653. The molecule has 0 radical (unpaired) electrons. The Morgan fingerprint density at radius 2 is 2.04 bits per heavy atom. The zero-order chi connectivity index (χ0) is 17.0. The molecule has 0 bridgehead atoms. The van der Waals surface area contributed by atoms with Gasteiger partial charge in [0.1, 0.15) is 12.4 Å². The van der Waals surface area contributed by atoms with Gasteiger partial charge < -0.3 is 10.1 Å². The van der Waals surface area contributed by atoms with Gasteiger partial charge in [-0.2, -0.15) is 5.06 Å². The number of aryl methyl sites for hydroxylation is 2. The second-order valence-electron chi connectivity index (χ2n) is 5.16. The van der Waals surface area contributed by atoms with E-state index in [1.54, 1.807) is 18.2 Å². The number of amides is 2. The van der Waals surface area contributed by atoms with E-state index >= 15 is 0 Å². The standard InChI is InChI=1S/C17H19ClN2O3/c1-11-7-8-16(12(2)9-11)23-10-13-14(18)5-4-6-15(13)20(22)17(21)19-3/h4-9,22H,10H2,1-3H3,(H,19,21). The van der Waals surface area contributed by atoms with E-state index in [1.807, 2.05) is 32.0 Å². The number of benzene rings is 2. The molecule has 122 valence electrons. The molecular formula is C17H19ClN2O3. The van der Waals surface area contributed by atoms with E-state index in [9.17, 15) is 10.0 Å². The van der Waals surface area contributed by atoms with Gasteiger partial charge in [-0.15, -0.1) is 0 Å². The quantitative estimate of drug-likeness (QED) is 0.654. The molecule has 0 aliphatic carbocycles. The highest BCUT2D eigenvalue weighted by molar-refractivity contribution is 6.31. The molecule has 2 aromatic carbocycles. The number of carbonyl (C=O) groups is 1. The van der Waals surface area contributed by atoms with Crippen LogP contribution >= 0.6 is 11.6 Å². The van der Waals surface area contributed by atoms with Crippen LogP contribution in [0.1, 0.15) is 16.7 Å². The summed E-state index contributed by atoms with van der Waals surface area (Å²) in [6.07, 6.45) is 0. The highest BCUT2D eigenvalue weighted by atomic mass is 35.5. The smallest absolute Gasteiger partial charge is 0.345 e. The summed E-state index contributed by atoms with van der Waals surface area (Å²) in [5.74, 6) is 0.728. The third-order valence-corrected chi connectivity index (χ3v) is 3.79. The second kappa shape index (κ2) is 7.35. The monoisotopic (exact) mass is 334 g/mol. The van der Waals surface area contributed by atoms with Gasteiger partial charge in [0.2, 0.25) is 0 Å². The lowest BCUT2D eigenvalue weighted by atomic mass is 10.1. The van der Waals surface area contributed by atoms with Gasteiger partial charge >= 0.3 is 6.03 Å². The van der Waals surface area contributed by atoms with Crippen LogP contribution in [0.25, 0.3) is 0 Å². The summed E-state index contributed by atoms with van der Waals surface area (Å²) in [6.45, 7) is 4.10. The molecule has 0 spiro atoms. The molecule has 2 aromatic rings. The van der Waals surface area contributed by atoms with Crippen LogP contribution in [0.4, 0.5) is 10.5 Å². The summed E-state index contributed by atoms with van der Waals surface area (Å²) in [5.41, 5.74) is 2.96. The Kier molecular flexibility index (Phi) is 5.47. The van der Waals surface area contributed by atoms with E-state index in [4.69, 9.17) is 16.3 Å². The molecule has 0 atom stereocenters. The van der Waals surface area contributed by atoms with Crippen LogP contribution in [0.2, 0.25) is 5.02 Å². The van der Waals surface area contributed by atoms with Crippen LogP contribution in [0.5, 0.6) is 5.75 Å². The van der Waals surface area contributed by atoms with Crippen molar-refractivity contribution in [2.75, 3.05) is 12.1 Å². The predicted molar refractivity (Wildman–Crippen MR) is 90.4 cm³/mol. The summed E-state index contributed by atoms with van der Waals surface area (Å²) in [6, 6.07) is 10.1. The third-order valence-electron chi connectivity index (χ3n) is 3.43. The van der Waals surface area contributed by atoms with Crippen molar-refractivity contribution in [2.24, 2.45) is 0 Å². The number of urea groups is 1. The number of halogens is 1. The van der Waals surface area contributed by atoms with Crippen molar-refractivity contribution in [1.82, 2.24) is 5.32 Å². The number of carbonyl (C=O) groups excluding carboxylic acids is 1. The van der Waals surface area contributed by atoms with Crippen molar-refractivity contribution < 1.29 is 14.7 Å². The number of ether oxygens (including phenoxy) is 1. The molecule has 2 rings (SSSR count). The molecule has 0 saturated heterocycles. The zero-order valence-corrected chi connectivity index (χ0v) is 14.0. The Morgan fingerprint density at radius 1 is 1.30 bits per heavy atom. The second-order valence-corrected chi connectivity index (χ2v) is 5.57. The highest BCUT2D eigenvalue weighted by Crippen LogP contribution is 2.29. The number of rotatable bonds is 4. The maximum absolute atomic E-state index is 11.6. The fourth-order valence-electron chi connectivity index (χ4n) is 2.22. The molecule has 6 heteroatoms. The van der Waals surface area contributed by atoms with Crippen LogP contribution in [-0.2, 0) is 6.61 Å². The Bertz CT molecular complexity index is 719. The molecule has 0 aliphatic rings. The summed E-state index contributed by atoms with van der Waals surface area (Å²) in [7, 11) is 1.43. The van der Waals surface area contributed by atoms with Crippen molar-refractivity contribution in [2.45, 2.75) is 20.5 Å². The first-order valence-electron chi connectivity index (χ1n) is 7.12. The maximum Gasteiger partial charge on any atom is 0.345 e. The van der Waals surface area contributed by atoms with Crippen LogP contribution in [0.15, 0.2) is 36.4 Å². The van der Waals surface area contributed by atoms with E-state index in [1.165, 1.54) is 7.05 Å². The van der Waals surface area contributed by atoms with E-state index in [-0.39, 0.29) is 12.3 Å². The fourth-order valence-corrected chi connectivity index (χ4v) is 2.44. The van der Waals surface area contributed by atoms with Gasteiger partial charge in [-0.3, -0.25) is 5.21 Å². The van der Waals surface area contributed by atoms with Gasteiger partial charge in [0.15, 0.2) is 0 Å². The first-order valence-corrected chi connectivity index (χ1v) is 7.50. The van der Waals surface area contributed by atoms with Gasteiger partial charge in [-0.05, 0) is 37.6 Å². The minimum absolute atomic E-state index is 0.132. The van der Waals surface area contributed by atoms with Crippen LogP contribution in [0, 0.1) is 13.8 Å². The lowest BCUT2D eigenvalue weighted by Crippen LogP contribution is -2.36. The van der Waals surface area contributed by atoms with Gasteiger partial charge in [-0.1, -0.05) is 35.4 Å². The Balaban J connectivity index is 2.27. The topological polar surface area (TPSA) is 61.8 Å². The number of hydrogen-bond donors (Lipinski definition) is 2. The van der Waals surface area contributed by atoms with Crippen LogP contribution < -0.4 is 15.1 Å². The molecule has 2 amide bonds. The molecule has 0 unspecified atom stereocenters. The molecule has 0 saturated carbocycles. The fraction of sp³-hybridized carbons (Fsp3) is 0.235. The van der Waals surface area contributed by atoms with Gasteiger partial charge in [0.25, 0.3) is 0 Å². The first kappa shape index (κ1) is 17.1. The number of nitrogens with zero attached hydrogens (tertiary/aromatic N) is 1. The molecule has 0 aliphatic heterocycles. The molecule has 0 fully saturated rings. The van der Waals surface area contributed by atoms with Crippen molar-refractivity contribution in [3.05, 3.63) is 58.1 Å². The molecule has 0 heterocycles. The lowest BCUT2D eigenvalue weighted by molar-refractivity contribution is 0.205. The van der Waals surface area contributed by atoms with Gasteiger partial charge in [0, 0.05) is 17.6 Å². The normalized spacial score (nSPS) is 10.3. The maximum atomic E-state index is 11.6. The van der Waals surface area contributed by atoms with Crippen LogP contribution in [0.3, 0.4) is 0 Å². The number of hydroxylamine groups is 1. The van der Waals surface area contributed by atoms with E-state index < -0.39 is 6.03 Å². The van der Waals surface area contributed by atoms with Crippen molar-refractivity contribution >= 4 is 23.3 Å². The van der Waals surface area contributed by atoms with Gasteiger partial charge in [-0.25, -0.2) is 4.79 Å². The molecule has 5 nitrogen and oxygen atoms in total. The van der Waals surface area contributed by atoms with E-state index in [0.29, 0.717) is 15.6 Å². The van der Waals surface area contributed by atoms with Crippen molar-refractivity contribution in [1.29, 1.82) is 0 Å². The molecule has 2 N–H and O–H groups in total. The highest BCUT2D eigenvalue weighted by Gasteiger charge is 2.18. The first-order chi connectivity index (χ1) is 10.9. The van der Waals surface area contributed by atoms with E-state index in [0.717, 1.165) is 16.9 Å². The number of nitrogens with one attached hydrogen (secondary N) is 1. The largest absolute Gasteiger partial charge is 0.488 e. The molecule has 0 aromatic heterocycles. The van der Waals surface area contributed by atoms with Crippen molar-refractivity contribution in [3.63, 3.8) is 0 Å². The number of anilines is 1. The zero-order valence-electron chi connectivity index (χ0n) is 13.3. The molecule has 23 heavy (non-hydrogen) atoms. The summed E-state index contributed by atoms with van der Waals surface area (Å²) >= 11 is 6.20. The Labute approximate surface area is 140 Å². The average Bonchev–Trinajstić information content (AvgIpc) is 2.53. The SMILES string of the molecule is CNC(=O)N(O)c1cccc(Cl)c1COc1ccc(C)cc1C. The minimum Gasteiger partial charge on any atom is -0.488 e. The lowest BCUT2D eigenvalue weighted by Gasteiger charge is -2.19. The van der Waals surface area contributed by atoms with Crippen LogP contribution in [-0.4, -0.2) is 18.3 Å². The van der Waals surface area contributed by atoms with E-state index in [2.05, 4.69) is 5.32 Å². The number of hydrogen-bond acceptors (Lipinski definition) is 3. The van der Waals surface area contributed by atoms with Crippen molar-refractivity contribution in [3.8, 4) is 5.75 Å². The van der Waals surface area contributed by atoms with Gasteiger partial charge in [0.05, 0.1) is 5.69 Å². The average molecular weight is 335 g/mol.